The number of hydrogen-bond donors (Lipinski definition) is 1. The van der Waals surface area contributed by atoms with E-state index in [0.717, 1.165) is 6.42 Å². The molecule has 1 aromatic rings. The van der Waals surface area contributed by atoms with Crippen LogP contribution in [0.5, 0.6) is 0 Å². The minimum absolute atomic E-state index is 0.288. The van der Waals surface area contributed by atoms with Gasteiger partial charge in [-0.15, -0.1) is 5.10 Å². The maximum atomic E-state index is 11.1. The Hall–Kier alpha value is -1.39. The van der Waals surface area contributed by atoms with Crippen molar-refractivity contribution in [1.82, 2.24) is 15.4 Å². The van der Waals surface area contributed by atoms with Gasteiger partial charge in [0.1, 0.15) is 0 Å². The first kappa shape index (κ1) is 9.70. The quantitative estimate of drug-likeness (QED) is 0.703. The second kappa shape index (κ2) is 4.02. The average molecular weight is 183 g/mol. The average Bonchev–Trinajstić information content (AvgIpc) is 2.50. The van der Waals surface area contributed by atoms with Crippen LogP contribution in [0.15, 0.2) is 0 Å². The van der Waals surface area contributed by atoms with E-state index in [0.29, 0.717) is 11.6 Å². The second-order valence-corrected chi connectivity index (χ2v) is 3.21. The van der Waals surface area contributed by atoms with Crippen LogP contribution < -0.4 is 0 Å². The first-order valence-corrected chi connectivity index (χ1v) is 4.13. The smallest absolute Gasteiger partial charge is 0.360 e. The number of ether oxygens (including phenoxy) is 1. The van der Waals surface area contributed by atoms with Gasteiger partial charge in [0.2, 0.25) is 0 Å². The van der Waals surface area contributed by atoms with Crippen molar-refractivity contribution in [3.8, 4) is 0 Å². The van der Waals surface area contributed by atoms with Gasteiger partial charge in [-0.25, -0.2) is 4.79 Å². The highest BCUT2D eigenvalue weighted by Crippen LogP contribution is 2.08. The van der Waals surface area contributed by atoms with Crippen LogP contribution in [0.3, 0.4) is 0 Å². The highest BCUT2D eigenvalue weighted by atomic mass is 16.5. The van der Waals surface area contributed by atoms with Gasteiger partial charge in [0, 0.05) is 0 Å². The van der Waals surface area contributed by atoms with Gasteiger partial charge in [-0.3, -0.25) is 0 Å². The van der Waals surface area contributed by atoms with Crippen molar-refractivity contribution in [3.63, 3.8) is 0 Å². The molecule has 0 saturated carbocycles. The Morgan fingerprint density at radius 3 is 2.77 bits per heavy atom. The molecule has 0 aromatic carbocycles. The maximum absolute atomic E-state index is 11.1. The molecule has 0 fully saturated rings. The molecule has 13 heavy (non-hydrogen) atoms. The summed E-state index contributed by atoms with van der Waals surface area (Å²) in [5.74, 6) is -0.00194. The van der Waals surface area contributed by atoms with Crippen LogP contribution in [-0.2, 0) is 11.2 Å². The minimum Gasteiger partial charge on any atom is -0.464 e. The number of hydrogen-bond acceptors (Lipinski definition) is 4. The topological polar surface area (TPSA) is 67.9 Å². The first-order valence-electron chi connectivity index (χ1n) is 4.13. The number of carbonyl (C=O) groups excluding carboxylic acids is 1. The summed E-state index contributed by atoms with van der Waals surface area (Å²) in [7, 11) is 1.33. The number of aromatic nitrogens is 3. The van der Waals surface area contributed by atoms with E-state index in [4.69, 9.17) is 0 Å². The molecule has 1 N–H and O–H groups in total. The molecule has 0 aliphatic heterocycles. The van der Waals surface area contributed by atoms with E-state index in [9.17, 15) is 4.79 Å². The molecule has 1 rings (SSSR count). The molecule has 0 atom stereocenters. The summed E-state index contributed by atoms with van der Waals surface area (Å²) in [5, 5.41) is 10.0. The molecular formula is C8H13N3O2. The van der Waals surface area contributed by atoms with Gasteiger partial charge in [-0.05, 0) is 12.3 Å². The minimum atomic E-state index is -0.440. The van der Waals surface area contributed by atoms with E-state index < -0.39 is 5.97 Å². The molecule has 0 amide bonds. The van der Waals surface area contributed by atoms with Crippen LogP contribution >= 0.6 is 0 Å². The molecule has 0 bridgehead atoms. The third-order valence-corrected chi connectivity index (χ3v) is 1.60. The zero-order chi connectivity index (χ0) is 9.84. The largest absolute Gasteiger partial charge is 0.464 e. The number of nitrogens with zero attached hydrogens (tertiary/aromatic N) is 2. The third-order valence-electron chi connectivity index (χ3n) is 1.60. The molecule has 0 radical (unpaired) electrons. The van der Waals surface area contributed by atoms with Gasteiger partial charge < -0.3 is 4.74 Å². The SMILES string of the molecule is COC(=O)c1n[nH]nc1CC(C)C. The lowest BCUT2D eigenvalue weighted by molar-refractivity contribution is 0.0592. The van der Waals surface area contributed by atoms with Crippen molar-refractivity contribution in [3.05, 3.63) is 11.4 Å². The van der Waals surface area contributed by atoms with Crippen LogP contribution in [0, 0.1) is 5.92 Å². The second-order valence-electron chi connectivity index (χ2n) is 3.21. The fraction of sp³-hybridized carbons (Fsp3) is 0.625. The number of nitrogens with one attached hydrogen (secondary N) is 1. The van der Waals surface area contributed by atoms with E-state index in [1.54, 1.807) is 0 Å². The van der Waals surface area contributed by atoms with E-state index in [2.05, 4.69) is 34.0 Å². The fourth-order valence-electron chi connectivity index (χ4n) is 1.04. The Kier molecular flexibility index (Phi) is 3.00. The molecule has 1 aromatic heterocycles. The van der Waals surface area contributed by atoms with Crippen LogP contribution in [0.2, 0.25) is 0 Å². The molecule has 5 heteroatoms. The summed E-state index contributed by atoms with van der Waals surface area (Å²) in [5.41, 5.74) is 0.957. The lowest BCUT2D eigenvalue weighted by Gasteiger charge is -2.01. The molecule has 0 aliphatic rings. The molecule has 0 saturated heterocycles. The molecule has 1 heterocycles. The standard InChI is InChI=1S/C8H13N3O2/c1-5(2)4-6-7(8(12)13-3)10-11-9-6/h5H,4H2,1-3H3,(H,9,10,11). The highest BCUT2D eigenvalue weighted by Gasteiger charge is 2.17. The van der Waals surface area contributed by atoms with E-state index in [1.165, 1.54) is 7.11 Å². The molecule has 72 valence electrons. The Morgan fingerprint density at radius 2 is 2.23 bits per heavy atom. The molecular weight excluding hydrogens is 170 g/mol. The number of rotatable bonds is 3. The van der Waals surface area contributed by atoms with Gasteiger partial charge in [0.05, 0.1) is 12.8 Å². The monoisotopic (exact) mass is 183 g/mol. The summed E-state index contributed by atoms with van der Waals surface area (Å²) in [6.45, 7) is 4.10. The number of carbonyl (C=O) groups is 1. The summed E-state index contributed by atoms with van der Waals surface area (Å²) >= 11 is 0. The van der Waals surface area contributed by atoms with Crippen molar-refractivity contribution in [2.75, 3.05) is 7.11 Å². The lowest BCUT2D eigenvalue weighted by atomic mass is 10.1. The summed E-state index contributed by atoms with van der Waals surface area (Å²) < 4.78 is 4.56. The van der Waals surface area contributed by atoms with Gasteiger partial charge in [0.15, 0.2) is 5.69 Å². The third kappa shape index (κ3) is 2.27. The molecule has 0 unspecified atom stereocenters. The van der Waals surface area contributed by atoms with Crippen molar-refractivity contribution in [1.29, 1.82) is 0 Å². The van der Waals surface area contributed by atoms with Crippen LogP contribution in [0.1, 0.15) is 30.0 Å². The summed E-state index contributed by atoms with van der Waals surface area (Å²) in [6, 6.07) is 0. The van der Waals surface area contributed by atoms with Gasteiger partial charge >= 0.3 is 5.97 Å². The summed E-state index contributed by atoms with van der Waals surface area (Å²) in [4.78, 5) is 11.1. The molecule has 5 nitrogen and oxygen atoms in total. The van der Waals surface area contributed by atoms with Crippen molar-refractivity contribution < 1.29 is 9.53 Å². The van der Waals surface area contributed by atoms with Crippen molar-refractivity contribution in [2.24, 2.45) is 5.92 Å². The van der Waals surface area contributed by atoms with Crippen LogP contribution in [0.4, 0.5) is 0 Å². The van der Waals surface area contributed by atoms with E-state index in [-0.39, 0.29) is 5.69 Å². The Morgan fingerprint density at radius 1 is 1.54 bits per heavy atom. The Balaban J connectivity index is 2.83. The van der Waals surface area contributed by atoms with Crippen molar-refractivity contribution in [2.45, 2.75) is 20.3 Å². The Labute approximate surface area is 76.5 Å². The molecule has 0 aliphatic carbocycles. The normalized spacial score (nSPS) is 10.5. The number of esters is 1. The van der Waals surface area contributed by atoms with Crippen molar-refractivity contribution >= 4 is 5.97 Å². The van der Waals surface area contributed by atoms with Crippen LogP contribution in [0.25, 0.3) is 0 Å². The lowest BCUT2D eigenvalue weighted by Crippen LogP contribution is -2.07. The van der Waals surface area contributed by atoms with Gasteiger partial charge in [-0.2, -0.15) is 10.3 Å². The predicted molar refractivity (Wildman–Crippen MR) is 46.3 cm³/mol. The fourth-order valence-corrected chi connectivity index (χ4v) is 1.04. The maximum Gasteiger partial charge on any atom is 0.360 e. The van der Waals surface area contributed by atoms with Crippen LogP contribution in [-0.4, -0.2) is 28.5 Å². The zero-order valence-corrected chi connectivity index (χ0v) is 8.00. The zero-order valence-electron chi connectivity index (χ0n) is 8.00. The number of H-pyrrole nitrogens is 1. The number of methoxy groups -OCH3 is 1. The Bertz CT molecular complexity index is 293. The number of aromatic amines is 1. The van der Waals surface area contributed by atoms with E-state index in [1.807, 2.05) is 0 Å². The van der Waals surface area contributed by atoms with Gasteiger partial charge in [0.25, 0.3) is 0 Å². The van der Waals surface area contributed by atoms with E-state index >= 15 is 0 Å². The predicted octanol–water partition coefficient (Wildman–Crippen LogP) is 0.790. The van der Waals surface area contributed by atoms with Gasteiger partial charge in [-0.1, -0.05) is 13.8 Å². The highest BCUT2D eigenvalue weighted by molar-refractivity contribution is 5.88. The molecule has 0 spiro atoms. The summed E-state index contributed by atoms with van der Waals surface area (Å²) in [6.07, 6.45) is 0.723. The first-order chi connectivity index (χ1) is 6.15.